The summed E-state index contributed by atoms with van der Waals surface area (Å²) in [4.78, 5) is 0. The Morgan fingerprint density at radius 3 is 2.06 bits per heavy atom. The van der Waals surface area contributed by atoms with Crippen LogP contribution < -0.4 is 9.47 Å². The van der Waals surface area contributed by atoms with Crippen LogP contribution in [-0.2, 0) is 9.47 Å². The van der Waals surface area contributed by atoms with Crippen molar-refractivity contribution in [1.82, 2.24) is 0 Å². The molecular weight excluding hydrogens is 220 g/mol. The normalized spacial score (nSPS) is 24.9. The predicted molar refractivity (Wildman–Crippen MR) is 63.4 cm³/mol. The molecule has 4 heteroatoms. The lowest BCUT2D eigenvalue weighted by atomic mass is 10.2. The van der Waals surface area contributed by atoms with Gasteiger partial charge in [0, 0.05) is 5.56 Å². The number of rotatable bonds is 3. The summed E-state index contributed by atoms with van der Waals surface area (Å²) in [7, 11) is 3.23. The lowest BCUT2D eigenvalue weighted by Crippen LogP contribution is -2.13. The van der Waals surface area contributed by atoms with Gasteiger partial charge in [-0.2, -0.15) is 0 Å². The Bertz CT molecular complexity index is 381. The van der Waals surface area contributed by atoms with Crippen LogP contribution in [0, 0.1) is 0 Å². The summed E-state index contributed by atoms with van der Waals surface area (Å²) < 4.78 is 21.9. The molecule has 0 amide bonds. The molecule has 0 radical (unpaired) electrons. The van der Waals surface area contributed by atoms with Gasteiger partial charge in [-0.25, -0.2) is 0 Å². The van der Waals surface area contributed by atoms with E-state index in [1.807, 2.05) is 32.0 Å². The molecule has 0 saturated carbocycles. The molecular formula is C13H18O4. The Kier molecular flexibility index (Phi) is 3.54. The zero-order chi connectivity index (χ0) is 12.4. The second-order valence-electron chi connectivity index (χ2n) is 4.13. The minimum Gasteiger partial charge on any atom is -0.493 e. The Morgan fingerprint density at radius 2 is 1.53 bits per heavy atom. The molecule has 0 spiro atoms. The maximum atomic E-state index is 5.71. The van der Waals surface area contributed by atoms with Crippen LogP contribution >= 0.6 is 0 Å². The van der Waals surface area contributed by atoms with Gasteiger partial charge in [-0.1, -0.05) is 6.07 Å². The maximum Gasteiger partial charge on any atom is 0.184 e. The van der Waals surface area contributed by atoms with Crippen molar-refractivity contribution in [1.29, 1.82) is 0 Å². The van der Waals surface area contributed by atoms with Crippen LogP contribution in [0.15, 0.2) is 18.2 Å². The fraction of sp³-hybridized carbons (Fsp3) is 0.538. The maximum absolute atomic E-state index is 5.71. The van der Waals surface area contributed by atoms with Crippen LogP contribution in [0.2, 0.25) is 0 Å². The van der Waals surface area contributed by atoms with Crippen molar-refractivity contribution in [2.75, 3.05) is 14.2 Å². The molecule has 0 aliphatic carbocycles. The molecule has 94 valence electrons. The average molecular weight is 238 g/mol. The minimum absolute atomic E-state index is 0.105. The van der Waals surface area contributed by atoms with E-state index >= 15 is 0 Å². The zero-order valence-corrected chi connectivity index (χ0v) is 10.6. The Hall–Kier alpha value is -1.26. The van der Waals surface area contributed by atoms with Gasteiger partial charge in [0.2, 0.25) is 0 Å². The van der Waals surface area contributed by atoms with Crippen LogP contribution in [0.5, 0.6) is 11.5 Å². The molecule has 0 bridgehead atoms. The molecule has 0 unspecified atom stereocenters. The smallest absolute Gasteiger partial charge is 0.184 e. The highest BCUT2D eigenvalue weighted by molar-refractivity contribution is 5.43. The fourth-order valence-corrected chi connectivity index (χ4v) is 1.80. The predicted octanol–water partition coefficient (Wildman–Crippen LogP) is 2.53. The van der Waals surface area contributed by atoms with Gasteiger partial charge in [0.05, 0.1) is 26.4 Å². The highest BCUT2D eigenvalue weighted by Crippen LogP contribution is 2.35. The van der Waals surface area contributed by atoms with E-state index in [0.717, 1.165) is 5.56 Å². The summed E-state index contributed by atoms with van der Waals surface area (Å²) in [5.41, 5.74) is 0.943. The monoisotopic (exact) mass is 238 g/mol. The lowest BCUT2D eigenvalue weighted by molar-refractivity contribution is -0.0654. The summed E-state index contributed by atoms with van der Waals surface area (Å²) in [6.07, 6.45) is -0.110. The van der Waals surface area contributed by atoms with Gasteiger partial charge in [-0.3, -0.25) is 0 Å². The third-order valence-electron chi connectivity index (χ3n) is 3.02. The molecule has 0 N–H and O–H groups in total. The second kappa shape index (κ2) is 4.94. The second-order valence-corrected chi connectivity index (χ2v) is 4.13. The first-order valence-electron chi connectivity index (χ1n) is 5.68. The standard InChI is InChI=1S/C13H18O4/c1-8-9(2)17-13(16-8)10-5-6-11(14-3)12(7-10)15-4/h5-9,13H,1-4H3/t8-,9-/m0/s1. The third kappa shape index (κ3) is 2.37. The zero-order valence-electron chi connectivity index (χ0n) is 10.6. The minimum atomic E-state index is -0.320. The van der Waals surface area contributed by atoms with Crippen LogP contribution in [0.4, 0.5) is 0 Å². The fourth-order valence-electron chi connectivity index (χ4n) is 1.80. The molecule has 1 fully saturated rings. The highest BCUT2D eigenvalue weighted by atomic mass is 16.7. The number of ether oxygens (including phenoxy) is 4. The average Bonchev–Trinajstić information content (AvgIpc) is 2.68. The summed E-state index contributed by atoms with van der Waals surface area (Å²) in [5.74, 6) is 1.39. The number of hydrogen-bond acceptors (Lipinski definition) is 4. The van der Waals surface area contributed by atoms with Gasteiger partial charge < -0.3 is 18.9 Å². The van der Waals surface area contributed by atoms with E-state index < -0.39 is 0 Å². The first-order chi connectivity index (χ1) is 8.15. The van der Waals surface area contributed by atoms with Crippen LogP contribution in [0.3, 0.4) is 0 Å². The van der Waals surface area contributed by atoms with E-state index in [-0.39, 0.29) is 18.5 Å². The summed E-state index contributed by atoms with van der Waals surface area (Å²) in [6, 6.07) is 5.67. The van der Waals surface area contributed by atoms with Crippen molar-refractivity contribution in [3.63, 3.8) is 0 Å². The van der Waals surface area contributed by atoms with E-state index in [0.29, 0.717) is 11.5 Å². The molecule has 1 aliphatic rings. The molecule has 17 heavy (non-hydrogen) atoms. The van der Waals surface area contributed by atoms with Gasteiger partial charge in [0.1, 0.15) is 0 Å². The first-order valence-corrected chi connectivity index (χ1v) is 5.68. The molecule has 2 atom stereocenters. The lowest BCUT2D eigenvalue weighted by Gasteiger charge is -2.13. The number of methoxy groups -OCH3 is 2. The Labute approximate surface area is 101 Å². The summed E-state index contributed by atoms with van der Waals surface area (Å²) in [6.45, 7) is 4.01. The topological polar surface area (TPSA) is 36.9 Å². The van der Waals surface area contributed by atoms with Crippen LogP contribution in [-0.4, -0.2) is 26.4 Å². The van der Waals surface area contributed by atoms with E-state index in [9.17, 15) is 0 Å². The summed E-state index contributed by atoms with van der Waals surface area (Å²) >= 11 is 0. The van der Waals surface area contributed by atoms with Crippen molar-refractivity contribution >= 4 is 0 Å². The first kappa shape index (κ1) is 12.2. The van der Waals surface area contributed by atoms with Gasteiger partial charge in [0.25, 0.3) is 0 Å². The van der Waals surface area contributed by atoms with E-state index in [2.05, 4.69) is 0 Å². The van der Waals surface area contributed by atoms with Crippen molar-refractivity contribution in [2.45, 2.75) is 32.3 Å². The van der Waals surface area contributed by atoms with E-state index in [4.69, 9.17) is 18.9 Å². The van der Waals surface area contributed by atoms with Gasteiger partial charge in [-0.15, -0.1) is 0 Å². The summed E-state index contributed by atoms with van der Waals surface area (Å²) in [5, 5.41) is 0. The molecule has 1 aliphatic heterocycles. The van der Waals surface area contributed by atoms with E-state index in [1.54, 1.807) is 14.2 Å². The van der Waals surface area contributed by atoms with Crippen LogP contribution in [0.25, 0.3) is 0 Å². The Balaban J connectivity index is 2.22. The molecule has 1 aromatic rings. The van der Waals surface area contributed by atoms with Gasteiger partial charge >= 0.3 is 0 Å². The molecule has 2 rings (SSSR count). The van der Waals surface area contributed by atoms with Crippen molar-refractivity contribution in [3.8, 4) is 11.5 Å². The van der Waals surface area contributed by atoms with E-state index in [1.165, 1.54) is 0 Å². The van der Waals surface area contributed by atoms with Crippen molar-refractivity contribution in [2.24, 2.45) is 0 Å². The molecule has 1 aromatic carbocycles. The highest BCUT2D eigenvalue weighted by Gasteiger charge is 2.31. The number of benzene rings is 1. The van der Waals surface area contributed by atoms with Crippen molar-refractivity contribution < 1.29 is 18.9 Å². The quantitative estimate of drug-likeness (QED) is 0.810. The number of hydrogen-bond donors (Lipinski definition) is 0. The van der Waals surface area contributed by atoms with Crippen molar-refractivity contribution in [3.05, 3.63) is 23.8 Å². The van der Waals surface area contributed by atoms with Gasteiger partial charge in [-0.05, 0) is 26.0 Å². The molecule has 0 aromatic heterocycles. The van der Waals surface area contributed by atoms with Crippen LogP contribution in [0.1, 0.15) is 25.7 Å². The Morgan fingerprint density at radius 1 is 0.941 bits per heavy atom. The third-order valence-corrected chi connectivity index (χ3v) is 3.02. The largest absolute Gasteiger partial charge is 0.493 e. The molecule has 4 nitrogen and oxygen atoms in total. The SMILES string of the molecule is COc1ccc(C2O[C@@H](C)[C@H](C)O2)cc1OC. The molecule has 1 saturated heterocycles. The molecule has 1 heterocycles. The van der Waals surface area contributed by atoms with Gasteiger partial charge in [0.15, 0.2) is 17.8 Å².